The first kappa shape index (κ1) is 29.4. The third-order valence-electron chi connectivity index (χ3n) is 7.17. The summed E-state index contributed by atoms with van der Waals surface area (Å²) in [6, 6.07) is 9.01. The van der Waals surface area contributed by atoms with Crippen LogP contribution in [0.2, 0.25) is 0 Å². The highest BCUT2D eigenvalue weighted by Gasteiger charge is 2.21. The molecule has 10 nitrogen and oxygen atoms in total. The molecule has 0 fully saturated rings. The maximum Gasteiger partial charge on any atom is 0.326 e. The van der Waals surface area contributed by atoms with Gasteiger partial charge in [-0.05, 0) is 82.7 Å². The molecule has 0 radical (unpaired) electrons. The minimum Gasteiger partial charge on any atom is -0.480 e. The number of unbranched alkanes of at least 4 members (excludes halogenated alkanes) is 1. The van der Waals surface area contributed by atoms with Gasteiger partial charge in [-0.3, -0.25) is 4.98 Å². The molecule has 0 unspecified atom stereocenters. The van der Waals surface area contributed by atoms with E-state index in [1.54, 1.807) is 25.6 Å². The van der Waals surface area contributed by atoms with Crippen LogP contribution in [0.25, 0.3) is 11.4 Å². The Morgan fingerprint density at radius 1 is 1.15 bits per heavy atom. The number of fused-ring (bicyclic) bond motifs is 1. The zero-order valence-corrected chi connectivity index (χ0v) is 23.8. The van der Waals surface area contributed by atoms with Crippen LogP contribution in [-0.2, 0) is 22.4 Å². The number of anilines is 2. The minimum absolute atomic E-state index is 0.0528. The van der Waals surface area contributed by atoms with Crippen LogP contribution in [-0.4, -0.2) is 81.3 Å². The molecule has 2 atom stereocenters. The Morgan fingerprint density at radius 3 is 2.75 bits per heavy atom. The van der Waals surface area contributed by atoms with Crippen LogP contribution in [0.5, 0.6) is 0 Å². The van der Waals surface area contributed by atoms with Gasteiger partial charge in [-0.1, -0.05) is 6.07 Å². The minimum atomic E-state index is -0.909. The Bertz CT molecular complexity index is 1240. The number of carbonyl (C=O) groups is 1. The number of ether oxygens (including phenoxy) is 1. The molecule has 3 aromatic heterocycles. The van der Waals surface area contributed by atoms with Gasteiger partial charge < -0.3 is 25.4 Å². The number of pyridine rings is 2. The molecule has 4 heterocycles. The third kappa shape index (κ3) is 8.69. The van der Waals surface area contributed by atoms with Gasteiger partial charge in [-0.25, -0.2) is 19.7 Å². The first-order valence-electron chi connectivity index (χ1n) is 14.1. The lowest BCUT2D eigenvalue weighted by atomic mass is 10.1. The topological polar surface area (TPSA) is 125 Å². The standard InChI is InChI=1S/C30H41N7O3/c1-21-19-27(36-29(33-21)24-11-15-31-16-12-24)35-26(30(38)39)13-18-37(20-22(2)40-3)17-5-4-8-25-10-9-23-7-6-14-32-28(23)34-25/h9-12,15-16,19,22,26H,4-8,13-14,17-18,20H2,1-3H3,(H,32,34)(H,38,39)(H,33,35,36)/t22-,26+/m1/s1. The summed E-state index contributed by atoms with van der Waals surface area (Å²) < 4.78 is 5.52. The number of hydrogen-bond donors (Lipinski definition) is 3. The van der Waals surface area contributed by atoms with Crippen LogP contribution in [0, 0.1) is 6.92 Å². The molecule has 0 aliphatic carbocycles. The monoisotopic (exact) mass is 547 g/mol. The molecule has 0 saturated heterocycles. The number of hydrogen-bond acceptors (Lipinski definition) is 9. The third-order valence-corrected chi connectivity index (χ3v) is 7.17. The summed E-state index contributed by atoms with van der Waals surface area (Å²) in [5, 5.41) is 16.5. The van der Waals surface area contributed by atoms with Gasteiger partial charge >= 0.3 is 5.97 Å². The fourth-order valence-corrected chi connectivity index (χ4v) is 4.90. The van der Waals surface area contributed by atoms with Crippen LogP contribution in [0.3, 0.4) is 0 Å². The van der Waals surface area contributed by atoms with Crippen molar-refractivity contribution in [2.24, 2.45) is 0 Å². The molecule has 3 aromatic rings. The van der Waals surface area contributed by atoms with E-state index in [2.05, 4.69) is 42.6 Å². The van der Waals surface area contributed by atoms with E-state index < -0.39 is 12.0 Å². The Labute approximate surface area is 236 Å². The lowest BCUT2D eigenvalue weighted by Crippen LogP contribution is -2.38. The molecule has 0 spiro atoms. The van der Waals surface area contributed by atoms with Crippen molar-refractivity contribution in [2.45, 2.75) is 64.5 Å². The number of aromatic nitrogens is 4. The van der Waals surface area contributed by atoms with Crippen LogP contribution in [0.15, 0.2) is 42.7 Å². The second-order valence-electron chi connectivity index (χ2n) is 10.4. The predicted molar refractivity (Wildman–Crippen MR) is 157 cm³/mol. The molecule has 40 heavy (non-hydrogen) atoms. The van der Waals surface area contributed by atoms with Gasteiger partial charge in [0, 0.05) is 62.2 Å². The van der Waals surface area contributed by atoms with Crippen molar-refractivity contribution in [3.8, 4) is 11.4 Å². The SMILES string of the molecule is CO[C@H](C)CN(CCCCc1ccc2c(n1)NCCC2)CC[C@H](Nc1cc(C)nc(-c2ccncc2)n1)C(=O)O. The summed E-state index contributed by atoms with van der Waals surface area (Å²) in [5.74, 6) is 1.16. The molecule has 10 heteroatoms. The van der Waals surface area contributed by atoms with Crippen LogP contribution >= 0.6 is 0 Å². The number of carboxylic acids is 1. The smallest absolute Gasteiger partial charge is 0.326 e. The number of nitrogens with one attached hydrogen (secondary N) is 2. The fraction of sp³-hybridized carbons (Fsp3) is 0.500. The number of aryl methyl sites for hydroxylation is 3. The van der Waals surface area contributed by atoms with Crippen molar-refractivity contribution in [1.82, 2.24) is 24.8 Å². The van der Waals surface area contributed by atoms with Crippen LogP contribution < -0.4 is 10.6 Å². The maximum atomic E-state index is 12.2. The molecule has 1 aliphatic heterocycles. The van der Waals surface area contributed by atoms with Crippen molar-refractivity contribution in [3.63, 3.8) is 0 Å². The number of methoxy groups -OCH3 is 1. The van der Waals surface area contributed by atoms with Gasteiger partial charge in [-0.15, -0.1) is 0 Å². The lowest BCUT2D eigenvalue weighted by molar-refractivity contribution is -0.138. The Hall–Kier alpha value is -3.63. The Balaban J connectivity index is 1.33. The van der Waals surface area contributed by atoms with Gasteiger partial charge in [0.1, 0.15) is 17.7 Å². The maximum absolute atomic E-state index is 12.2. The molecular weight excluding hydrogens is 506 g/mol. The van der Waals surface area contributed by atoms with Crippen molar-refractivity contribution in [2.75, 3.05) is 43.9 Å². The van der Waals surface area contributed by atoms with E-state index in [0.29, 0.717) is 24.6 Å². The van der Waals surface area contributed by atoms with E-state index in [4.69, 9.17) is 9.72 Å². The van der Waals surface area contributed by atoms with E-state index in [1.807, 2.05) is 26.0 Å². The first-order valence-corrected chi connectivity index (χ1v) is 14.1. The van der Waals surface area contributed by atoms with Gasteiger partial charge in [0.25, 0.3) is 0 Å². The van der Waals surface area contributed by atoms with Gasteiger partial charge in [-0.2, -0.15) is 0 Å². The molecule has 4 rings (SSSR count). The second-order valence-corrected chi connectivity index (χ2v) is 10.4. The molecule has 1 aliphatic rings. The fourth-order valence-electron chi connectivity index (χ4n) is 4.90. The molecular formula is C30H41N7O3. The largest absolute Gasteiger partial charge is 0.480 e. The molecule has 0 amide bonds. The molecule has 214 valence electrons. The Kier molecular flexibility index (Phi) is 10.8. The van der Waals surface area contributed by atoms with Crippen molar-refractivity contribution < 1.29 is 14.6 Å². The van der Waals surface area contributed by atoms with Crippen LogP contribution in [0.1, 0.15) is 49.6 Å². The highest BCUT2D eigenvalue weighted by molar-refractivity contribution is 5.77. The van der Waals surface area contributed by atoms with Crippen molar-refractivity contribution >= 4 is 17.6 Å². The zero-order valence-electron chi connectivity index (χ0n) is 23.8. The summed E-state index contributed by atoms with van der Waals surface area (Å²) in [6.45, 7) is 7.13. The average Bonchev–Trinajstić information content (AvgIpc) is 2.97. The van der Waals surface area contributed by atoms with Gasteiger partial charge in [0.15, 0.2) is 5.82 Å². The van der Waals surface area contributed by atoms with E-state index in [1.165, 1.54) is 5.56 Å². The summed E-state index contributed by atoms with van der Waals surface area (Å²) in [5.41, 5.74) is 4.01. The van der Waals surface area contributed by atoms with E-state index in [-0.39, 0.29) is 6.10 Å². The number of aliphatic carboxylic acids is 1. The molecule has 3 N–H and O–H groups in total. The summed E-state index contributed by atoms with van der Waals surface area (Å²) >= 11 is 0. The number of nitrogens with zero attached hydrogens (tertiary/aromatic N) is 5. The lowest BCUT2D eigenvalue weighted by Gasteiger charge is -2.27. The highest BCUT2D eigenvalue weighted by atomic mass is 16.5. The number of carboxylic acid groups (broad SMARTS) is 1. The van der Waals surface area contributed by atoms with Crippen molar-refractivity contribution in [1.29, 1.82) is 0 Å². The molecule has 0 aromatic carbocycles. The van der Waals surface area contributed by atoms with Gasteiger partial charge in [0.05, 0.1) is 6.10 Å². The Morgan fingerprint density at radius 2 is 1.98 bits per heavy atom. The summed E-state index contributed by atoms with van der Waals surface area (Å²) in [4.78, 5) is 32.4. The normalized spacial score (nSPS) is 14.3. The first-order chi connectivity index (χ1) is 19.4. The average molecular weight is 548 g/mol. The quantitative estimate of drug-likeness (QED) is 0.238. The number of rotatable bonds is 15. The second kappa shape index (κ2) is 14.7. The summed E-state index contributed by atoms with van der Waals surface area (Å²) in [7, 11) is 1.71. The van der Waals surface area contributed by atoms with Crippen molar-refractivity contribution in [3.05, 3.63) is 59.7 Å². The zero-order chi connectivity index (χ0) is 28.3. The van der Waals surface area contributed by atoms with E-state index >= 15 is 0 Å². The molecule has 0 saturated carbocycles. The van der Waals surface area contributed by atoms with E-state index in [9.17, 15) is 9.90 Å². The van der Waals surface area contributed by atoms with E-state index in [0.717, 1.165) is 74.5 Å². The van der Waals surface area contributed by atoms with Gasteiger partial charge in [0.2, 0.25) is 0 Å². The molecule has 0 bridgehead atoms. The predicted octanol–water partition coefficient (Wildman–Crippen LogP) is 4.22. The summed E-state index contributed by atoms with van der Waals surface area (Å²) in [6.07, 6.45) is 9.04. The highest BCUT2D eigenvalue weighted by Crippen LogP contribution is 2.21. The van der Waals surface area contributed by atoms with Crippen LogP contribution in [0.4, 0.5) is 11.6 Å².